The number of hydrogen-bond donors (Lipinski definition) is 1. The molecule has 1 amide bonds. The SMILES string of the molecule is CCOc1cc2c(cc1/C=C/C(=O)N[C@H](C)c1cc(OC)ccc1OC)O[C@@H](C)C2. The zero-order valence-electron chi connectivity index (χ0n) is 18.2. The molecule has 0 saturated heterocycles. The zero-order chi connectivity index (χ0) is 21.7. The maximum atomic E-state index is 12.6. The summed E-state index contributed by atoms with van der Waals surface area (Å²) in [6.45, 7) is 6.43. The van der Waals surface area contributed by atoms with Crippen molar-refractivity contribution in [3.63, 3.8) is 0 Å². The predicted octanol–water partition coefficient (Wildman–Crippen LogP) is 4.32. The van der Waals surface area contributed by atoms with Crippen LogP contribution in [0.2, 0.25) is 0 Å². The van der Waals surface area contributed by atoms with Crippen LogP contribution in [0.3, 0.4) is 0 Å². The molecule has 6 nitrogen and oxygen atoms in total. The fourth-order valence-electron chi connectivity index (χ4n) is 3.55. The van der Waals surface area contributed by atoms with Crippen molar-refractivity contribution in [2.24, 2.45) is 0 Å². The number of ether oxygens (including phenoxy) is 4. The normalized spacial score (nSPS) is 16.0. The van der Waals surface area contributed by atoms with Crippen LogP contribution in [0.1, 0.15) is 43.5 Å². The molecule has 0 bridgehead atoms. The van der Waals surface area contributed by atoms with Crippen LogP contribution < -0.4 is 24.3 Å². The van der Waals surface area contributed by atoms with Gasteiger partial charge in [-0.3, -0.25) is 4.79 Å². The molecule has 160 valence electrons. The molecule has 1 N–H and O–H groups in total. The quantitative estimate of drug-likeness (QED) is 0.656. The van der Waals surface area contributed by atoms with Crippen molar-refractivity contribution in [2.75, 3.05) is 20.8 Å². The second kappa shape index (κ2) is 9.57. The van der Waals surface area contributed by atoms with Gasteiger partial charge in [-0.05, 0) is 57.2 Å². The molecule has 1 aliphatic heterocycles. The van der Waals surface area contributed by atoms with Gasteiger partial charge in [0.1, 0.15) is 29.1 Å². The standard InChI is InChI=1S/C24H29NO5/c1-6-29-22-13-18-11-15(2)30-23(18)12-17(22)7-10-24(26)25-16(3)20-14-19(27-4)8-9-21(20)28-5/h7-10,12-16H,6,11H2,1-5H3,(H,25,26)/b10-7+/t15-,16+/m0/s1. The van der Waals surface area contributed by atoms with Gasteiger partial charge in [0.05, 0.1) is 26.9 Å². The van der Waals surface area contributed by atoms with E-state index in [1.807, 2.05) is 51.1 Å². The van der Waals surface area contributed by atoms with E-state index in [1.165, 1.54) is 6.08 Å². The Balaban J connectivity index is 1.76. The molecule has 2 atom stereocenters. The molecule has 2 aromatic carbocycles. The average molecular weight is 411 g/mol. The smallest absolute Gasteiger partial charge is 0.244 e. The number of fused-ring (bicyclic) bond motifs is 1. The molecule has 6 heteroatoms. The Morgan fingerprint density at radius 3 is 2.73 bits per heavy atom. The maximum absolute atomic E-state index is 12.6. The van der Waals surface area contributed by atoms with Crippen LogP contribution in [0, 0.1) is 0 Å². The van der Waals surface area contributed by atoms with E-state index in [-0.39, 0.29) is 18.1 Å². The summed E-state index contributed by atoms with van der Waals surface area (Å²) in [5.41, 5.74) is 2.78. The van der Waals surface area contributed by atoms with Gasteiger partial charge in [-0.25, -0.2) is 0 Å². The third-order valence-electron chi connectivity index (χ3n) is 5.00. The van der Waals surface area contributed by atoms with Gasteiger partial charge in [0.2, 0.25) is 5.91 Å². The van der Waals surface area contributed by atoms with Crippen molar-refractivity contribution in [3.8, 4) is 23.0 Å². The van der Waals surface area contributed by atoms with Crippen LogP contribution >= 0.6 is 0 Å². The van der Waals surface area contributed by atoms with Crippen LogP contribution in [0.25, 0.3) is 6.08 Å². The molecule has 1 heterocycles. The number of nitrogens with one attached hydrogen (secondary N) is 1. The van der Waals surface area contributed by atoms with E-state index >= 15 is 0 Å². The van der Waals surface area contributed by atoms with Gasteiger partial charge >= 0.3 is 0 Å². The topological polar surface area (TPSA) is 66.0 Å². The van der Waals surface area contributed by atoms with Crippen molar-refractivity contribution < 1.29 is 23.7 Å². The van der Waals surface area contributed by atoms with Gasteiger partial charge in [-0.15, -0.1) is 0 Å². The summed E-state index contributed by atoms with van der Waals surface area (Å²) in [4.78, 5) is 12.6. The lowest BCUT2D eigenvalue weighted by molar-refractivity contribution is -0.117. The number of rotatable bonds is 8. The van der Waals surface area contributed by atoms with Gasteiger partial charge in [0.15, 0.2) is 0 Å². The number of amides is 1. The third-order valence-corrected chi connectivity index (χ3v) is 5.00. The Labute approximate surface area is 177 Å². The number of carbonyl (C=O) groups excluding carboxylic acids is 1. The lowest BCUT2D eigenvalue weighted by Gasteiger charge is -2.17. The minimum absolute atomic E-state index is 0.149. The summed E-state index contributed by atoms with van der Waals surface area (Å²) in [5.74, 6) is 2.78. The summed E-state index contributed by atoms with van der Waals surface area (Å²) in [5, 5.41) is 2.97. The second-order valence-corrected chi connectivity index (χ2v) is 7.23. The molecule has 0 fully saturated rings. The Morgan fingerprint density at radius 1 is 1.23 bits per heavy atom. The fraction of sp³-hybridized carbons (Fsp3) is 0.375. The molecule has 1 aliphatic rings. The highest BCUT2D eigenvalue weighted by molar-refractivity contribution is 5.92. The molecule has 0 saturated carbocycles. The van der Waals surface area contributed by atoms with E-state index in [0.717, 1.165) is 34.6 Å². The molecule has 0 radical (unpaired) electrons. The summed E-state index contributed by atoms with van der Waals surface area (Å²) in [6.07, 6.45) is 4.27. The van der Waals surface area contributed by atoms with E-state index in [9.17, 15) is 4.79 Å². The van der Waals surface area contributed by atoms with Gasteiger partial charge < -0.3 is 24.3 Å². The van der Waals surface area contributed by atoms with Crippen molar-refractivity contribution in [2.45, 2.75) is 39.3 Å². The molecular weight excluding hydrogens is 382 g/mol. The van der Waals surface area contributed by atoms with E-state index in [2.05, 4.69) is 5.32 Å². The predicted molar refractivity (Wildman–Crippen MR) is 117 cm³/mol. The molecule has 0 aliphatic carbocycles. The fourth-order valence-corrected chi connectivity index (χ4v) is 3.55. The average Bonchev–Trinajstić information content (AvgIpc) is 3.10. The molecule has 30 heavy (non-hydrogen) atoms. The van der Waals surface area contributed by atoms with Crippen LogP contribution in [-0.2, 0) is 11.2 Å². The van der Waals surface area contributed by atoms with Gasteiger partial charge in [-0.2, -0.15) is 0 Å². The summed E-state index contributed by atoms with van der Waals surface area (Å²) in [6, 6.07) is 9.18. The first-order chi connectivity index (χ1) is 14.4. The first-order valence-corrected chi connectivity index (χ1v) is 10.1. The van der Waals surface area contributed by atoms with E-state index in [0.29, 0.717) is 18.1 Å². The minimum atomic E-state index is -0.261. The van der Waals surface area contributed by atoms with Crippen LogP contribution in [0.4, 0.5) is 0 Å². The molecule has 0 unspecified atom stereocenters. The highest BCUT2D eigenvalue weighted by Gasteiger charge is 2.21. The monoisotopic (exact) mass is 411 g/mol. The summed E-state index contributed by atoms with van der Waals surface area (Å²) < 4.78 is 22.3. The Morgan fingerprint density at radius 2 is 2.03 bits per heavy atom. The first-order valence-electron chi connectivity index (χ1n) is 10.1. The Hall–Kier alpha value is -3.15. The second-order valence-electron chi connectivity index (χ2n) is 7.23. The maximum Gasteiger partial charge on any atom is 0.244 e. The Kier molecular flexibility index (Phi) is 6.87. The minimum Gasteiger partial charge on any atom is -0.497 e. The largest absolute Gasteiger partial charge is 0.497 e. The Bertz CT molecular complexity index is 937. The van der Waals surface area contributed by atoms with Crippen molar-refractivity contribution in [1.29, 1.82) is 0 Å². The molecule has 3 rings (SSSR count). The van der Waals surface area contributed by atoms with Crippen molar-refractivity contribution in [1.82, 2.24) is 5.32 Å². The van der Waals surface area contributed by atoms with Gasteiger partial charge in [0.25, 0.3) is 0 Å². The summed E-state index contributed by atoms with van der Waals surface area (Å²) >= 11 is 0. The van der Waals surface area contributed by atoms with Crippen molar-refractivity contribution >= 4 is 12.0 Å². The van der Waals surface area contributed by atoms with E-state index in [1.54, 1.807) is 20.3 Å². The van der Waals surface area contributed by atoms with Crippen molar-refractivity contribution in [3.05, 3.63) is 53.1 Å². The number of benzene rings is 2. The number of methoxy groups -OCH3 is 2. The zero-order valence-corrected chi connectivity index (χ0v) is 18.2. The molecule has 0 spiro atoms. The number of carbonyl (C=O) groups is 1. The van der Waals surface area contributed by atoms with Crippen LogP contribution in [0.5, 0.6) is 23.0 Å². The molecular formula is C24H29NO5. The highest BCUT2D eigenvalue weighted by atomic mass is 16.5. The number of hydrogen-bond acceptors (Lipinski definition) is 5. The van der Waals surface area contributed by atoms with Gasteiger partial charge in [0, 0.05) is 29.2 Å². The van der Waals surface area contributed by atoms with E-state index < -0.39 is 0 Å². The molecule has 2 aromatic rings. The lowest BCUT2D eigenvalue weighted by atomic mass is 10.1. The van der Waals surface area contributed by atoms with E-state index in [4.69, 9.17) is 18.9 Å². The molecule has 0 aromatic heterocycles. The van der Waals surface area contributed by atoms with Crippen LogP contribution in [-0.4, -0.2) is 32.8 Å². The highest BCUT2D eigenvalue weighted by Crippen LogP contribution is 2.36. The lowest BCUT2D eigenvalue weighted by Crippen LogP contribution is -2.25. The van der Waals surface area contributed by atoms with Gasteiger partial charge in [-0.1, -0.05) is 0 Å². The third kappa shape index (κ3) is 4.87. The first kappa shape index (κ1) is 21.6. The van der Waals surface area contributed by atoms with Crippen LogP contribution in [0.15, 0.2) is 36.4 Å². The summed E-state index contributed by atoms with van der Waals surface area (Å²) in [7, 11) is 3.21.